The summed E-state index contributed by atoms with van der Waals surface area (Å²) >= 11 is 0. The average Bonchev–Trinajstić information content (AvgIpc) is 3.04. The highest BCUT2D eigenvalue weighted by Gasteiger charge is 2.07. The maximum absolute atomic E-state index is 10.9. The van der Waals surface area contributed by atoms with Gasteiger partial charge in [-0.1, -0.05) is 12.1 Å². The second-order valence-corrected chi connectivity index (χ2v) is 4.12. The van der Waals surface area contributed by atoms with E-state index < -0.39 is 5.91 Å². The Kier molecular flexibility index (Phi) is 3.08. The molecule has 0 fully saturated rings. The molecule has 1 aromatic carbocycles. The second-order valence-electron chi connectivity index (χ2n) is 4.12. The lowest BCUT2D eigenvalue weighted by molar-refractivity contribution is 0.0994. The number of primary amides is 1. The van der Waals surface area contributed by atoms with Crippen molar-refractivity contribution in [2.24, 2.45) is 5.73 Å². The topological polar surface area (TPSA) is 96.2 Å². The number of nitrogens with zero attached hydrogens (tertiary/aromatic N) is 3. The Labute approximate surface area is 114 Å². The minimum Gasteiger partial charge on any atom is -0.448 e. The molecule has 2 N–H and O–H groups in total. The molecule has 0 aliphatic rings. The minimum absolute atomic E-state index is 0.216. The van der Waals surface area contributed by atoms with Crippen LogP contribution in [0.1, 0.15) is 10.5 Å². The molecule has 102 valence electrons. The van der Waals surface area contributed by atoms with Crippen molar-refractivity contribution in [3.8, 4) is 6.08 Å². The van der Waals surface area contributed by atoms with Gasteiger partial charge >= 0.3 is 6.08 Å². The zero-order valence-electron chi connectivity index (χ0n) is 10.5. The van der Waals surface area contributed by atoms with Crippen LogP contribution < -0.4 is 10.5 Å². The third-order valence-corrected chi connectivity index (χ3v) is 2.71. The van der Waals surface area contributed by atoms with Gasteiger partial charge < -0.3 is 14.9 Å². The van der Waals surface area contributed by atoms with Crippen LogP contribution >= 0.6 is 0 Å². The van der Waals surface area contributed by atoms with Crippen LogP contribution in [0.2, 0.25) is 0 Å². The van der Waals surface area contributed by atoms with Crippen molar-refractivity contribution >= 4 is 17.0 Å². The number of oxazole rings is 1. The highest BCUT2D eigenvalue weighted by molar-refractivity contribution is 5.90. The average molecular weight is 272 g/mol. The van der Waals surface area contributed by atoms with Gasteiger partial charge in [-0.3, -0.25) is 9.48 Å². The molecule has 0 saturated carbocycles. The molecule has 1 amide bonds. The van der Waals surface area contributed by atoms with Crippen LogP contribution in [0.15, 0.2) is 40.9 Å². The molecule has 0 spiro atoms. The van der Waals surface area contributed by atoms with Crippen molar-refractivity contribution in [3.63, 3.8) is 0 Å². The molecule has 3 aromatic rings. The maximum atomic E-state index is 10.9. The lowest BCUT2D eigenvalue weighted by atomic mass is 10.3. The number of rotatable bonds is 5. The number of carbonyl (C=O) groups excluding carboxylic acids is 1. The van der Waals surface area contributed by atoms with Crippen LogP contribution in [0.3, 0.4) is 0 Å². The third kappa shape index (κ3) is 2.46. The smallest absolute Gasteiger partial charge is 0.394 e. The van der Waals surface area contributed by atoms with Crippen LogP contribution in [-0.4, -0.2) is 27.3 Å². The summed E-state index contributed by atoms with van der Waals surface area (Å²) in [5.74, 6) is -0.552. The van der Waals surface area contributed by atoms with E-state index in [-0.39, 0.29) is 11.8 Å². The Balaban J connectivity index is 1.60. The number of benzene rings is 1. The first-order chi connectivity index (χ1) is 9.72. The zero-order chi connectivity index (χ0) is 13.9. The van der Waals surface area contributed by atoms with Gasteiger partial charge in [0.05, 0.1) is 6.54 Å². The Bertz CT molecular complexity index is 714. The molecular formula is C13H12N4O3. The maximum Gasteiger partial charge on any atom is 0.394 e. The van der Waals surface area contributed by atoms with Crippen molar-refractivity contribution in [1.29, 1.82) is 0 Å². The molecule has 7 heteroatoms. The van der Waals surface area contributed by atoms with Crippen LogP contribution in [0, 0.1) is 0 Å². The fourth-order valence-electron chi connectivity index (χ4n) is 1.76. The van der Waals surface area contributed by atoms with Crippen LogP contribution in [0.5, 0.6) is 6.08 Å². The summed E-state index contributed by atoms with van der Waals surface area (Å²) in [5, 5.41) is 3.99. The summed E-state index contributed by atoms with van der Waals surface area (Å²) in [6, 6.07) is 8.97. The molecule has 2 heterocycles. The highest BCUT2D eigenvalue weighted by Crippen LogP contribution is 2.19. The highest BCUT2D eigenvalue weighted by atomic mass is 16.6. The van der Waals surface area contributed by atoms with E-state index in [4.69, 9.17) is 14.9 Å². The second kappa shape index (κ2) is 5.04. The Morgan fingerprint density at radius 3 is 2.95 bits per heavy atom. The lowest BCUT2D eigenvalue weighted by Gasteiger charge is -2.01. The van der Waals surface area contributed by atoms with Gasteiger partial charge in [0.2, 0.25) is 0 Å². The Morgan fingerprint density at radius 2 is 2.20 bits per heavy atom. The van der Waals surface area contributed by atoms with Crippen molar-refractivity contribution in [2.75, 3.05) is 6.61 Å². The molecule has 0 unspecified atom stereocenters. The molecule has 0 radical (unpaired) electrons. The largest absolute Gasteiger partial charge is 0.448 e. The van der Waals surface area contributed by atoms with E-state index in [1.807, 2.05) is 24.3 Å². The summed E-state index contributed by atoms with van der Waals surface area (Å²) in [5.41, 5.74) is 6.77. The van der Waals surface area contributed by atoms with E-state index in [0.717, 1.165) is 5.52 Å². The molecule has 0 atom stereocenters. The number of hydrogen-bond acceptors (Lipinski definition) is 5. The lowest BCUT2D eigenvalue weighted by Crippen LogP contribution is -2.14. The molecule has 3 rings (SSSR count). The van der Waals surface area contributed by atoms with Gasteiger partial charge in [0.15, 0.2) is 5.58 Å². The van der Waals surface area contributed by atoms with E-state index >= 15 is 0 Å². The standard InChI is InChI=1S/C13H12N4O3/c14-12(18)10-5-6-17(16-10)7-8-19-13-15-9-3-1-2-4-11(9)20-13/h1-6H,7-8H2,(H2,14,18). The molecule has 2 aromatic heterocycles. The Morgan fingerprint density at radius 1 is 1.35 bits per heavy atom. The van der Waals surface area contributed by atoms with E-state index in [2.05, 4.69) is 10.1 Å². The van der Waals surface area contributed by atoms with Crippen LogP contribution in [0.25, 0.3) is 11.1 Å². The predicted octanol–water partition coefficient (Wildman–Crippen LogP) is 1.20. The van der Waals surface area contributed by atoms with Gasteiger partial charge in [0, 0.05) is 6.20 Å². The summed E-state index contributed by atoms with van der Waals surface area (Å²) in [6.45, 7) is 0.790. The fraction of sp³-hybridized carbons (Fsp3) is 0.154. The number of ether oxygens (including phenoxy) is 1. The van der Waals surface area contributed by atoms with Crippen molar-refractivity contribution in [1.82, 2.24) is 14.8 Å². The minimum atomic E-state index is -0.552. The number of hydrogen-bond donors (Lipinski definition) is 1. The van der Waals surface area contributed by atoms with E-state index in [9.17, 15) is 4.79 Å². The number of carbonyl (C=O) groups is 1. The first kappa shape index (κ1) is 12.2. The van der Waals surface area contributed by atoms with Crippen molar-refractivity contribution in [2.45, 2.75) is 6.54 Å². The number of para-hydroxylation sites is 2. The van der Waals surface area contributed by atoms with Gasteiger partial charge in [-0.05, 0) is 18.2 Å². The van der Waals surface area contributed by atoms with Gasteiger partial charge in [-0.25, -0.2) is 0 Å². The summed E-state index contributed by atoms with van der Waals surface area (Å²) in [4.78, 5) is 15.1. The zero-order valence-corrected chi connectivity index (χ0v) is 10.5. The number of nitrogens with two attached hydrogens (primary N) is 1. The predicted molar refractivity (Wildman–Crippen MR) is 70.2 cm³/mol. The van der Waals surface area contributed by atoms with E-state index in [0.29, 0.717) is 18.7 Å². The Hall–Kier alpha value is -2.83. The fourth-order valence-corrected chi connectivity index (χ4v) is 1.76. The molecular weight excluding hydrogens is 260 g/mol. The summed E-state index contributed by atoms with van der Waals surface area (Å²) in [7, 11) is 0. The SMILES string of the molecule is NC(=O)c1ccn(CCOc2nc3ccccc3o2)n1. The number of aromatic nitrogens is 3. The van der Waals surface area contributed by atoms with E-state index in [1.54, 1.807) is 16.9 Å². The third-order valence-electron chi connectivity index (χ3n) is 2.71. The quantitative estimate of drug-likeness (QED) is 0.752. The number of amides is 1. The van der Waals surface area contributed by atoms with Gasteiger partial charge in [-0.2, -0.15) is 10.1 Å². The van der Waals surface area contributed by atoms with Gasteiger partial charge in [0.25, 0.3) is 5.91 Å². The molecule has 0 aliphatic heterocycles. The summed E-state index contributed by atoms with van der Waals surface area (Å²) in [6.07, 6.45) is 1.88. The normalized spacial score (nSPS) is 10.8. The molecule has 20 heavy (non-hydrogen) atoms. The van der Waals surface area contributed by atoms with Crippen molar-refractivity contribution in [3.05, 3.63) is 42.2 Å². The first-order valence-corrected chi connectivity index (χ1v) is 6.04. The molecule has 0 bridgehead atoms. The summed E-state index contributed by atoms with van der Waals surface area (Å²) < 4.78 is 12.4. The monoisotopic (exact) mass is 272 g/mol. The van der Waals surface area contributed by atoms with E-state index in [1.165, 1.54) is 0 Å². The van der Waals surface area contributed by atoms with Crippen LogP contribution in [0.4, 0.5) is 0 Å². The molecule has 7 nitrogen and oxygen atoms in total. The van der Waals surface area contributed by atoms with Crippen LogP contribution in [-0.2, 0) is 6.54 Å². The molecule has 0 aliphatic carbocycles. The number of fused-ring (bicyclic) bond motifs is 1. The van der Waals surface area contributed by atoms with Gasteiger partial charge in [0.1, 0.15) is 17.8 Å². The van der Waals surface area contributed by atoms with Crippen molar-refractivity contribution < 1.29 is 13.9 Å². The first-order valence-electron chi connectivity index (χ1n) is 6.04. The van der Waals surface area contributed by atoms with Gasteiger partial charge in [-0.15, -0.1) is 0 Å². The molecule has 0 saturated heterocycles.